The number of aliphatic hydroxyl groups is 2. The summed E-state index contributed by atoms with van der Waals surface area (Å²) in [5.74, 6) is 0. The maximum absolute atomic E-state index is 8.06. The molecular formula is C25H44HfO2. The first-order valence-electron chi connectivity index (χ1n) is 10.6. The summed E-state index contributed by atoms with van der Waals surface area (Å²) in [6.45, 7) is 11.3. The summed E-state index contributed by atoms with van der Waals surface area (Å²) in [6.07, 6.45) is 24.6. The Kier molecular flexibility index (Phi) is 30.7. The van der Waals surface area contributed by atoms with Crippen molar-refractivity contribution in [1.82, 2.24) is 0 Å². The van der Waals surface area contributed by atoms with Crippen molar-refractivity contribution < 1.29 is 34.1 Å². The average Bonchev–Trinajstić information content (AvgIpc) is 3.33. The number of hydrogen-bond acceptors (Lipinski definition) is 2. The van der Waals surface area contributed by atoms with Crippen molar-refractivity contribution in [3.63, 3.8) is 0 Å². The van der Waals surface area contributed by atoms with Gasteiger partial charge in [-0.05, 0) is 27.7 Å². The number of hydrogen-bond donors (Lipinski definition) is 2. The van der Waals surface area contributed by atoms with Crippen molar-refractivity contribution >= 4 is 4.26 Å². The van der Waals surface area contributed by atoms with E-state index in [0.29, 0.717) is 0 Å². The van der Waals surface area contributed by atoms with E-state index in [0.717, 1.165) is 36.7 Å². The molecule has 0 aromatic heterocycles. The van der Waals surface area contributed by atoms with Gasteiger partial charge in [0.1, 0.15) is 0 Å². The van der Waals surface area contributed by atoms with Gasteiger partial charge in [-0.25, -0.2) is 23.3 Å². The predicted octanol–water partition coefficient (Wildman–Crippen LogP) is 6.47. The molecule has 0 fully saturated rings. The monoisotopic (exact) mass is 556 g/mol. The number of rotatable bonds is 6. The van der Waals surface area contributed by atoms with Crippen LogP contribution in [0.4, 0.5) is 0 Å². The molecule has 0 unspecified atom stereocenters. The van der Waals surface area contributed by atoms with Crippen LogP contribution in [0.1, 0.15) is 92.9 Å². The Bertz CT molecular complexity index is 386. The van der Waals surface area contributed by atoms with Crippen molar-refractivity contribution in [3.8, 4) is 0 Å². The van der Waals surface area contributed by atoms with E-state index < -0.39 is 0 Å². The van der Waals surface area contributed by atoms with E-state index in [1.54, 1.807) is 27.7 Å². The molecule has 28 heavy (non-hydrogen) atoms. The molecule has 2 aliphatic rings. The fourth-order valence-corrected chi connectivity index (χ4v) is 1.99. The predicted molar refractivity (Wildman–Crippen MR) is 122 cm³/mol. The van der Waals surface area contributed by atoms with Gasteiger partial charge in [-0.2, -0.15) is 12.2 Å². The average molecular weight is 555 g/mol. The summed E-state index contributed by atoms with van der Waals surface area (Å²) in [6, 6.07) is 0. The third-order valence-electron chi connectivity index (χ3n) is 3.18. The standard InChI is InChI=1S/2C9H13.2C3H8O.CH2.Hf/c2*1-2-3-6-9-7-4-5-8-9;2*1-3(2)4;;/h2*7-8H,2-4,6H2,1H3;2*3-4H,1-2H3;1H2;/q2*-1;;;;+2. The van der Waals surface area contributed by atoms with Gasteiger partial charge in [-0.3, -0.25) is 12.2 Å². The van der Waals surface area contributed by atoms with Crippen LogP contribution in [0.5, 0.6) is 0 Å². The molecule has 0 aromatic rings. The molecule has 3 heteroatoms. The molecule has 0 saturated carbocycles. The third kappa shape index (κ3) is 33.2. The molecule has 2 aliphatic carbocycles. The van der Waals surface area contributed by atoms with Gasteiger partial charge in [0.2, 0.25) is 0 Å². The Balaban J connectivity index is -0.000000309. The maximum atomic E-state index is 8.06. The normalized spacial score (nSPS) is 13.3. The van der Waals surface area contributed by atoms with Crippen LogP contribution >= 0.6 is 0 Å². The van der Waals surface area contributed by atoms with Gasteiger partial charge in [0.15, 0.2) is 0 Å². The zero-order valence-electron chi connectivity index (χ0n) is 19.2. The zero-order valence-corrected chi connectivity index (χ0v) is 22.8. The van der Waals surface area contributed by atoms with Crippen LogP contribution in [0.3, 0.4) is 0 Å². The van der Waals surface area contributed by atoms with Crippen molar-refractivity contribution in [2.75, 3.05) is 0 Å². The number of allylic oxidation sites excluding steroid dienone is 8. The second-order valence-corrected chi connectivity index (χ2v) is 7.06. The summed E-state index contributed by atoms with van der Waals surface area (Å²) in [5.41, 5.74) is 2.97. The molecule has 2 N–H and O–H groups in total. The SMILES string of the molecule is CC(C)O.CC(C)O.CCCCC1=CC[C-]=C1.CCCCC1=CC[C-]=C1.[CH2]=[Hf+2]. The van der Waals surface area contributed by atoms with Crippen molar-refractivity contribution in [2.45, 2.75) is 105 Å². The van der Waals surface area contributed by atoms with Gasteiger partial charge < -0.3 is 10.2 Å². The summed E-state index contributed by atoms with van der Waals surface area (Å²) in [7, 11) is 0. The molecule has 0 aliphatic heterocycles. The Morgan fingerprint density at radius 2 is 1.11 bits per heavy atom. The molecule has 2 nitrogen and oxygen atoms in total. The van der Waals surface area contributed by atoms with Crippen LogP contribution in [0.2, 0.25) is 0 Å². The minimum absolute atomic E-state index is 0.167. The molecule has 2 rings (SSSR count). The molecule has 0 atom stereocenters. The van der Waals surface area contributed by atoms with Gasteiger partial charge >= 0.3 is 28.2 Å². The van der Waals surface area contributed by atoms with Crippen LogP contribution in [0.15, 0.2) is 35.5 Å². The second kappa shape index (κ2) is 26.6. The van der Waals surface area contributed by atoms with Crippen LogP contribution < -0.4 is 0 Å². The van der Waals surface area contributed by atoms with E-state index in [2.05, 4.69) is 54.6 Å². The molecule has 0 amide bonds. The summed E-state index contributed by atoms with van der Waals surface area (Å²) in [4.78, 5) is 0. The molecule has 0 heterocycles. The molecule has 0 spiro atoms. The van der Waals surface area contributed by atoms with Crippen molar-refractivity contribution in [1.29, 1.82) is 0 Å². The van der Waals surface area contributed by atoms with Gasteiger partial charge in [0.05, 0.1) is 0 Å². The topological polar surface area (TPSA) is 40.5 Å². The Hall–Kier alpha value is -0.380. The molecule has 160 valence electrons. The Labute approximate surface area is 190 Å². The van der Waals surface area contributed by atoms with Crippen LogP contribution in [-0.2, 0) is 23.9 Å². The van der Waals surface area contributed by atoms with E-state index in [1.807, 2.05) is 0 Å². The summed E-state index contributed by atoms with van der Waals surface area (Å²) >= 11 is 1.06. The van der Waals surface area contributed by atoms with Gasteiger partial charge in [-0.15, -0.1) is 12.8 Å². The molecular weight excluding hydrogens is 511 g/mol. The first kappa shape index (κ1) is 32.3. The van der Waals surface area contributed by atoms with Crippen molar-refractivity contribution in [3.05, 3.63) is 47.6 Å². The second-order valence-electron chi connectivity index (χ2n) is 7.06. The summed E-state index contributed by atoms with van der Waals surface area (Å²) in [5, 5.41) is 16.1. The van der Waals surface area contributed by atoms with Crippen LogP contribution in [0, 0.1) is 12.2 Å². The first-order chi connectivity index (χ1) is 13.3. The van der Waals surface area contributed by atoms with E-state index in [4.69, 9.17) is 10.2 Å². The van der Waals surface area contributed by atoms with Gasteiger partial charge in [-0.1, -0.05) is 52.4 Å². The van der Waals surface area contributed by atoms with Crippen LogP contribution in [0.25, 0.3) is 0 Å². The molecule has 0 bridgehead atoms. The number of aliphatic hydroxyl groups excluding tert-OH is 2. The Morgan fingerprint density at radius 3 is 1.29 bits per heavy atom. The quantitative estimate of drug-likeness (QED) is 0.292. The van der Waals surface area contributed by atoms with E-state index in [1.165, 1.54) is 49.7 Å². The zero-order chi connectivity index (χ0) is 22.2. The third-order valence-corrected chi connectivity index (χ3v) is 3.18. The molecule has 0 saturated heterocycles. The van der Waals surface area contributed by atoms with Crippen LogP contribution in [-0.4, -0.2) is 26.7 Å². The van der Waals surface area contributed by atoms with E-state index in [9.17, 15) is 0 Å². The molecule has 0 radical (unpaired) electrons. The van der Waals surface area contributed by atoms with E-state index >= 15 is 0 Å². The fraction of sp³-hybridized carbons (Fsp3) is 0.640. The fourth-order valence-electron chi connectivity index (χ4n) is 1.99. The summed E-state index contributed by atoms with van der Waals surface area (Å²) < 4.78 is 3.39. The molecule has 0 aromatic carbocycles. The van der Waals surface area contributed by atoms with E-state index in [-0.39, 0.29) is 12.2 Å². The number of unbranched alkanes of at least 4 members (excludes halogenated alkanes) is 2. The van der Waals surface area contributed by atoms with Gasteiger partial charge in [0, 0.05) is 12.2 Å². The minimum atomic E-state index is -0.167. The van der Waals surface area contributed by atoms with Crippen molar-refractivity contribution in [2.24, 2.45) is 0 Å². The van der Waals surface area contributed by atoms with Gasteiger partial charge in [0.25, 0.3) is 0 Å². The Morgan fingerprint density at radius 1 is 0.821 bits per heavy atom. The first-order valence-corrected chi connectivity index (χ1v) is 13.1.